The van der Waals surface area contributed by atoms with Crippen LogP contribution >= 0.6 is 0 Å². The maximum absolute atomic E-state index is 14.2. The molecule has 1 aliphatic carbocycles. The largest absolute Gasteiger partial charge is 0.309 e. The maximum atomic E-state index is 14.2. The lowest BCUT2D eigenvalue weighted by atomic mass is 9.83. The molecule has 0 heterocycles. The maximum Gasteiger partial charge on any atom is 0.130 e. The van der Waals surface area contributed by atoms with Crippen molar-refractivity contribution in [3.8, 4) is 0 Å². The summed E-state index contributed by atoms with van der Waals surface area (Å²) < 4.78 is 27.4. The SMILES string of the molecule is CCNC(c1ccc(F)cc1F)C1(c2ccccc2)CC1. The van der Waals surface area contributed by atoms with E-state index >= 15 is 0 Å². The smallest absolute Gasteiger partial charge is 0.130 e. The molecule has 1 N–H and O–H groups in total. The Hall–Kier alpha value is -1.74. The van der Waals surface area contributed by atoms with Gasteiger partial charge in [0.15, 0.2) is 0 Å². The van der Waals surface area contributed by atoms with Gasteiger partial charge in [-0.2, -0.15) is 0 Å². The highest BCUT2D eigenvalue weighted by Gasteiger charge is 2.51. The number of hydrogen-bond acceptors (Lipinski definition) is 1. The molecule has 2 aromatic rings. The predicted molar refractivity (Wildman–Crippen MR) is 80.1 cm³/mol. The van der Waals surface area contributed by atoms with Crippen LogP contribution in [0, 0.1) is 11.6 Å². The standard InChI is InChI=1S/C18H19F2N/c1-2-21-17(15-9-8-14(19)12-16(15)20)18(10-11-18)13-6-4-3-5-7-13/h3-9,12,17,21H,2,10-11H2,1H3. The fraction of sp³-hybridized carbons (Fsp3) is 0.333. The van der Waals surface area contributed by atoms with Gasteiger partial charge >= 0.3 is 0 Å². The van der Waals surface area contributed by atoms with Crippen LogP contribution in [0.5, 0.6) is 0 Å². The Morgan fingerprint density at radius 2 is 1.81 bits per heavy atom. The van der Waals surface area contributed by atoms with Crippen LogP contribution in [0.1, 0.15) is 36.9 Å². The Bertz CT molecular complexity index is 620. The second-order valence-electron chi connectivity index (χ2n) is 5.68. The number of rotatable bonds is 5. The molecule has 1 saturated carbocycles. The first kappa shape index (κ1) is 14.2. The zero-order valence-electron chi connectivity index (χ0n) is 12.1. The molecule has 0 aromatic heterocycles. The van der Waals surface area contributed by atoms with E-state index in [1.165, 1.54) is 11.6 Å². The molecule has 0 bridgehead atoms. The van der Waals surface area contributed by atoms with E-state index in [1.54, 1.807) is 6.07 Å². The summed E-state index contributed by atoms with van der Waals surface area (Å²) in [5, 5.41) is 3.40. The monoisotopic (exact) mass is 287 g/mol. The van der Waals surface area contributed by atoms with Gasteiger partial charge in [-0.05, 0) is 31.0 Å². The average molecular weight is 287 g/mol. The van der Waals surface area contributed by atoms with E-state index in [-0.39, 0.29) is 11.5 Å². The summed E-state index contributed by atoms with van der Waals surface area (Å²) in [7, 11) is 0. The van der Waals surface area contributed by atoms with Crippen LogP contribution < -0.4 is 5.32 Å². The quantitative estimate of drug-likeness (QED) is 0.862. The minimum atomic E-state index is -0.531. The van der Waals surface area contributed by atoms with Gasteiger partial charge in [-0.1, -0.05) is 43.3 Å². The second-order valence-corrected chi connectivity index (χ2v) is 5.68. The van der Waals surface area contributed by atoms with E-state index < -0.39 is 11.6 Å². The molecule has 1 atom stereocenters. The topological polar surface area (TPSA) is 12.0 Å². The molecule has 21 heavy (non-hydrogen) atoms. The highest BCUT2D eigenvalue weighted by atomic mass is 19.1. The van der Waals surface area contributed by atoms with Crippen molar-refractivity contribution in [1.29, 1.82) is 0 Å². The summed E-state index contributed by atoms with van der Waals surface area (Å²) in [5.41, 5.74) is 1.70. The Morgan fingerprint density at radius 1 is 1.10 bits per heavy atom. The molecular weight excluding hydrogens is 268 g/mol. The highest BCUT2D eigenvalue weighted by molar-refractivity contribution is 5.39. The zero-order valence-corrected chi connectivity index (χ0v) is 12.1. The van der Waals surface area contributed by atoms with Crippen molar-refractivity contribution >= 4 is 0 Å². The van der Waals surface area contributed by atoms with Crippen LogP contribution in [0.25, 0.3) is 0 Å². The molecule has 1 nitrogen and oxygen atoms in total. The molecule has 0 spiro atoms. The van der Waals surface area contributed by atoms with Crippen LogP contribution in [-0.4, -0.2) is 6.54 Å². The Balaban J connectivity index is 2.02. The first-order valence-electron chi connectivity index (χ1n) is 7.41. The molecule has 0 aliphatic heterocycles. The molecule has 2 aromatic carbocycles. The van der Waals surface area contributed by atoms with E-state index in [2.05, 4.69) is 17.4 Å². The van der Waals surface area contributed by atoms with Gasteiger partial charge in [0.2, 0.25) is 0 Å². The first-order valence-corrected chi connectivity index (χ1v) is 7.41. The first-order chi connectivity index (χ1) is 10.2. The third-order valence-electron chi connectivity index (χ3n) is 4.37. The summed E-state index contributed by atoms with van der Waals surface area (Å²) in [6.07, 6.45) is 2.04. The van der Waals surface area contributed by atoms with Gasteiger partial charge in [-0.15, -0.1) is 0 Å². The van der Waals surface area contributed by atoms with Gasteiger partial charge in [0, 0.05) is 23.1 Å². The van der Waals surface area contributed by atoms with Crippen LogP contribution in [-0.2, 0) is 5.41 Å². The Labute approximate surface area is 124 Å². The molecule has 0 saturated heterocycles. The van der Waals surface area contributed by atoms with Crippen molar-refractivity contribution in [3.05, 3.63) is 71.3 Å². The molecule has 0 radical (unpaired) electrons. The lowest BCUT2D eigenvalue weighted by molar-refractivity contribution is 0.419. The Morgan fingerprint density at radius 3 is 2.38 bits per heavy atom. The summed E-state index contributed by atoms with van der Waals surface area (Å²) in [4.78, 5) is 0. The van der Waals surface area contributed by atoms with Crippen molar-refractivity contribution in [2.24, 2.45) is 0 Å². The molecule has 0 amide bonds. The summed E-state index contributed by atoms with van der Waals surface area (Å²) >= 11 is 0. The van der Waals surface area contributed by atoms with Crippen molar-refractivity contribution in [1.82, 2.24) is 5.32 Å². The van der Waals surface area contributed by atoms with Gasteiger partial charge in [0.25, 0.3) is 0 Å². The zero-order chi connectivity index (χ0) is 14.9. The highest BCUT2D eigenvalue weighted by Crippen LogP contribution is 2.56. The minimum absolute atomic E-state index is 0.0735. The molecule has 110 valence electrons. The van der Waals surface area contributed by atoms with Gasteiger partial charge < -0.3 is 5.32 Å². The van der Waals surface area contributed by atoms with E-state index in [0.717, 1.165) is 25.5 Å². The van der Waals surface area contributed by atoms with Crippen molar-refractivity contribution < 1.29 is 8.78 Å². The fourth-order valence-electron chi connectivity index (χ4n) is 3.19. The predicted octanol–water partition coefficient (Wildman–Crippen LogP) is 4.35. The van der Waals surface area contributed by atoms with Crippen LogP contribution in [0.3, 0.4) is 0 Å². The van der Waals surface area contributed by atoms with Crippen LogP contribution in [0.4, 0.5) is 8.78 Å². The van der Waals surface area contributed by atoms with Crippen molar-refractivity contribution in [2.45, 2.75) is 31.2 Å². The van der Waals surface area contributed by atoms with Gasteiger partial charge in [0.1, 0.15) is 11.6 Å². The lowest BCUT2D eigenvalue weighted by Gasteiger charge is -2.29. The summed E-state index contributed by atoms with van der Waals surface area (Å²) in [5.74, 6) is -1.00. The van der Waals surface area contributed by atoms with E-state index in [0.29, 0.717) is 5.56 Å². The van der Waals surface area contributed by atoms with Crippen molar-refractivity contribution in [3.63, 3.8) is 0 Å². The fourth-order valence-corrected chi connectivity index (χ4v) is 3.19. The normalized spacial score (nSPS) is 17.5. The van der Waals surface area contributed by atoms with E-state index in [4.69, 9.17) is 0 Å². The van der Waals surface area contributed by atoms with Gasteiger partial charge in [-0.25, -0.2) is 8.78 Å². The number of likely N-dealkylation sites (N-methyl/N-ethyl adjacent to an activating group) is 1. The molecule has 3 heteroatoms. The molecule has 1 fully saturated rings. The number of halogens is 2. The number of benzene rings is 2. The van der Waals surface area contributed by atoms with Gasteiger partial charge in [-0.3, -0.25) is 0 Å². The van der Waals surface area contributed by atoms with E-state index in [1.807, 2.05) is 25.1 Å². The number of hydrogen-bond donors (Lipinski definition) is 1. The lowest BCUT2D eigenvalue weighted by Crippen LogP contribution is -2.33. The minimum Gasteiger partial charge on any atom is -0.309 e. The average Bonchev–Trinajstić information content (AvgIpc) is 3.28. The molecule has 3 rings (SSSR count). The van der Waals surface area contributed by atoms with Gasteiger partial charge in [0.05, 0.1) is 0 Å². The van der Waals surface area contributed by atoms with E-state index in [9.17, 15) is 8.78 Å². The molecular formula is C18H19F2N. The molecule has 1 aliphatic rings. The second kappa shape index (κ2) is 5.57. The third kappa shape index (κ3) is 2.58. The third-order valence-corrected chi connectivity index (χ3v) is 4.37. The van der Waals surface area contributed by atoms with Crippen LogP contribution in [0.15, 0.2) is 48.5 Å². The number of nitrogens with one attached hydrogen (secondary N) is 1. The summed E-state index contributed by atoms with van der Waals surface area (Å²) in [6.45, 7) is 2.76. The van der Waals surface area contributed by atoms with Crippen molar-refractivity contribution in [2.75, 3.05) is 6.54 Å². The molecule has 1 unspecified atom stereocenters. The summed E-state index contributed by atoms with van der Waals surface area (Å²) in [6, 6.07) is 14.0. The van der Waals surface area contributed by atoms with Crippen LogP contribution in [0.2, 0.25) is 0 Å². The Kier molecular flexibility index (Phi) is 3.77.